The van der Waals surface area contributed by atoms with Crippen LogP contribution in [0.4, 0.5) is 0 Å². The Morgan fingerprint density at radius 2 is 2.14 bits per heavy atom. The van der Waals surface area contributed by atoms with E-state index in [4.69, 9.17) is 14.2 Å². The van der Waals surface area contributed by atoms with Gasteiger partial charge in [0.2, 0.25) is 0 Å². The van der Waals surface area contributed by atoms with Crippen molar-refractivity contribution in [1.29, 1.82) is 0 Å². The number of carboxylic acid groups (broad SMARTS) is 1. The van der Waals surface area contributed by atoms with E-state index in [9.17, 15) is 9.90 Å². The van der Waals surface area contributed by atoms with Gasteiger partial charge in [0.25, 0.3) is 0 Å². The molecule has 1 aliphatic rings. The molecule has 6 heteroatoms. The predicted molar refractivity (Wildman–Crippen MR) is 76.7 cm³/mol. The molecule has 1 aliphatic heterocycles. The average Bonchev–Trinajstić information content (AvgIpc) is 2.97. The highest BCUT2D eigenvalue weighted by Gasteiger charge is 2.36. The molecule has 1 N–H and O–H groups in total. The number of aliphatic carboxylic acids is 1. The Balaban J connectivity index is 2.12. The highest BCUT2D eigenvalue weighted by Crippen LogP contribution is 2.27. The van der Waals surface area contributed by atoms with E-state index in [-0.39, 0.29) is 12.6 Å². The Labute approximate surface area is 124 Å². The molecule has 1 heterocycles. The van der Waals surface area contributed by atoms with Gasteiger partial charge in [-0.05, 0) is 13.1 Å². The first-order valence-corrected chi connectivity index (χ1v) is 6.78. The van der Waals surface area contributed by atoms with E-state index in [2.05, 4.69) is 0 Å². The van der Waals surface area contributed by atoms with Crippen molar-refractivity contribution in [2.45, 2.75) is 12.6 Å². The number of hydrogen-bond acceptors (Lipinski definition) is 5. The van der Waals surface area contributed by atoms with Gasteiger partial charge < -0.3 is 19.3 Å². The van der Waals surface area contributed by atoms with Crippen molar-refractivity contribution in [2.24, 2.45) is 5.92 Å². The second-order valence-electron chi connectivity index (χ2n) is 5.14. The van der Waals surface area contributed by atoms with Crippen LogP contribution in [0.1, 0.15) is 5.56 Å². The maximum Gasteiger partial charge on any atom is 0.310 e. The molecule has 0 amide bonds. The molecule has 6 nitrogen and oxygen atoms in total. The average molecular weight is 295 g/mol. The predicted octanol–water partition coefficient (Wildman–Crippen LogP) is 1.24. The van der Waals surface area contributed by atoms with Crippen molar-refractivity contribution in [3.63, 3.8) is 0 Å². The standard InChI is InChI=1S/C15H21NO5/c1-16(13-9-21-8-12(13)15(17)18)7-10-4-5-11(19-2)6-14(10)20-3/h4-6,12-13H,7-9H2,1-3H3,(H,17,18). The third kappa shape index (κ3) is 3.46. The van der Waals surface area contributed by atoms with Gasteiger partial charge in [0.05, 0.1) is 33.4 Å². The maximum absolute atomic E-state index is 11.2. The van der Waals surface area contributed by atoms with Crippen molar-refractivity contribution in [2.75, 3.05) is 34.5 Å². The molecule has 0 aromatic heterocycles. The van der Waals surface area contributed by atoms with Crippen LogP contribution in [0.2, 0.25) is 0 Å². The van der Waals surface area contributed by atoms with Crippen LogP contribution in [0, 0.1) is 5.92 Å². The lowest BCUT2D eigenvalue weighted by Crippen LogP contribution is -2.40. The first kappa shape index (κ1) is 15.6. The number of likely N-dealkylation sites (N-methyl/N-ethyl adjacent to an activating group) is 1. The van der Waals surface area contributed by atoms with Crippen molar-refractivity contribution in [3.05, 3.63) is 23.8 Å². The van der Waals surface area contributed by atoms with Gasteiger partial charge in [-0.15, -0.1) is 0 Å². The number of carbonyl (C=O) groups is 1. The molecule has 1 aromatic carbocycles. The fraction of sp³-hybridized carbons (Fsp3) is 0.533. The first-order valence-electron chi connectivity index (χ1n) is 6.78. The molecule has 116 valence electrons. The fourth-order valence-corrected chi connectivity index (χ4v) is 2.58. The highest BCUT2D eigenvalue weighted by atomic mass is 16.5. The van der Waals surface area contributed by atoms with Gasteiger partial charge in [0, 0.05) is 24.2 Å². The number of carboxylic acids is 1. The molecule has 1 saturated heterocycles. The second-order valence-corrected chi connectivity index (χ2v) is 5.14. The van der Waals surface area contributed by atoms with Crippen LogP contribution >= 0.6 is 0 Å². The van der Waals surface area contributed by atoms with E-state index in [1.165, 1.54) is 0 Å². The fourth-order valence-electron chi connectivity index (χ4n) is 2.58. The van der Waals surface area contributed by atoms with E-state index >= 15 is 0 Å². The van der Waals surface area contributed by atoms with Gasteiger partial charge in [0.1, 0.15) is 11.5 Å². The van der Waals surface area contributed by atoms with Crippen molar-refractivity contribution < 1.29 is 24.1 Å². The molecule has 2 atom stereocenters. The van der Waals surface area contributed by atoms with Crippen LogP contribution in [0.15, 0.2) is 18.2 Å². The summed E-state index contributed by atoms with van der Waals surface area (Å²) in [6, 6.07) is 5.49. The Kier molecular flexibility index (Phi) is 5.03. The molecule has 1 fully saturated rings. The molecule has 1 aromatic rings. The van der Waals surface area contributed by atoms with Gasteiger partial charge in [-0.2, -0.15) is 0 Å². The highest BCUT2D eigenvalue weighted by molar-refractivity contribution is 5.71. The summed E-state index contributed by atoms with van der Waals surface area (Å²) in [6.45, 7) is 1.29. The molecule has 2 unspecified atom stereocenters. The number of hydrogen-bond donors (Lipinski definition) is 1. The summed E-state index contributed by atoms with van der Waals surface area (Å²) < 4.78 is 15.9. The minimum Gasteiger partial charge on any atom is -0.497 e. The molecule has 2 rings (SSSR count). The van der Waals surface area contributed by atoms with Crippen LogP contribution in [0.3, 0.4) is 0 Å². The van der Waals surface area contributed by atoms with E-state index in [0.717, 1.165) is 17.1 Å². The van der Waals surface area contributed by atoms with E-state index in [0.29, 0.717) is 13.2 Å². The van der Waals surface area contributed by atoms with Crippen LogP contribution in [0.25, 0.3) is 0 Å². The summed E-state index contributed by atoms with van der Waals surface area (Å²) in [5.74, 6) is 0.156. The normalized spacial score (nSPS) is 21.5. The zero-order valence-corrected chi connectivity index (χ0v) is 12.5. The molecule has 0 saturated carbocycles. The molecular weight excluding hydrogens is 274 g/mol. The second kappa shape index (κ2) is 6.78. The van der Waals surface area contributed by atoms with E-state index in [1.54, 1.807) is 14.2 Å². The minimum atomic E-state index is -0.814. The van der Waals surface area contributed by atoms with Crippen LogP contribution < -0.4 is 9.47 Å². The van der Waals surface area contributed by atoms with Crippen molar-refractivity contribution >= 4 is 5.97 Å². The van der Waals surface area contributed by atoms with Gasteiger partial charge >= 0.3 is 5.97 Å². The number of benzene rings is 1. The quantitative estimate of drug-likeness (QED) is 0.851. The number of nitrogens with zero attached hydrogens (tertiary/aromatic N) is 1. The van der Waals surface area contributed by atoms with Crippen LogP contribution in [-0.4, -0.2) is 56.5 Å². The molecule has 0 bridgehead atoms. The summed E-state index contributed by atoms with van der Waals surface area (Å²) in [7, 11) is 5.11. The van der Waals surface area contributed by atoms with Crippen molar-refractivity contribution in [1.82, 2.24) is 4.90 Å². The zero-order valence-electron chi connectivity index (χ0n) is 12.5. The number of ether oxygens (including phenoxy) is 3. The smallest absolute Gasteiger partial charge is 0.310 e. The third-order valence-corrected chi connectivity index (χ3v) is 3.85. The minimum absolute atomic E-state index is 0.130. The number of rotatable bonds is 6. The van der Waals surface area contributed by atoms with Crippen LogP contribution in [-0.2, 0) is 16.1 Å². The summed E-state index contributed by atoms with van der Waals surface area (Å²) in [4.78, 5) is 13.2. The van der Waals surface area contributed by atoms with E-state index in [1.807, 2.05) is 30.1 Å². The Hall–Kier alpha value is -1.79. The summed E-state index contributed by atoms with van der Waals surface area (Å²) in [5, 5.41) is 9.22. The summed E-state index contributed by atoms with van der Waals surface area (Å²) in [6.07, 6.45) is 0. The molecule has 0 radical (unpaired) electrons. The topological polar surface area (TPSA) is 68.2 Å². The van der Waals surface area contributed by atoms with Crippen molar-refractivity contribution in [3.8, 4) is 11.5 Å². The lowest BCUT2D eigenvalue weighted by Gasteiger charge is -2.26. The Bertz CT molecular complexity index is 505. The number of methoxy groups -OCH3 is 2. The molecule has 21 heavy (non-hydrogen) atoms. The zero-order chi connectivity index (χ0) is 15.4. The molecule has 0 aliphatic carbocycles. The lowest BCUT2D eigenvalue weighted by atomic mass is 10.0. The monoisotopic (exact) mass is 295 g/mol. The largest absolute Gasteiger partial charge is 0.497 e. The molecule has 0 spiro atoms. The lowest BCUT2D eigenvalue weighted by molar-refractivity contribution is -0.143. The SMILES string of the molecule is COc1ccc(CN(C)C2COCC2C(=O)O)c(OC)c1. The van der Waals surface area contributed by atoms with Gasteiger partial charge in [0.15, 0.2) is 0 Å². The maximum atomic E-state index is 11.2. The van der Waals surface area contributed by atoms with Gasteiger partial charge in [-0.3, -0.25) is 9.69 Å². The summed E-state index contributed by atoms with van der Waals surface area (Å²) >= 11 is 0. The first-order chi connectivity index (χ1) is 10.1. The van der Waals surface area contributed by atoms with Gasteiger partial charge in [-0.25, -0.2) is 0 Å². The molecular formula is C15H21NO5. The third-order valence-electron chi connectivity index (χ3n) is 3.85. The summed E-state index contributed by atoms with van der Waals surface area (Å²) in [5.41, 5.74) is 0.983. The van der Waals surface area contributed by atoms with E-state index < -0.39 is 11.9 Å². The van der Waals surface area contributed by atoms with Gasteiger partial charge in [-0.1, -0.05) is 6.07 Å². The Morgan fingerprint density at radius 1 is 1.38 bits per heavy atom. The Morgan fingerprint density at radius 3 is 2.76 bits per heavy atom. The van der Waals surface area contributed by atoms with Crippen LogP contribution in [0.5, 0.6) is 11.5 Å².